The van der Waals surface area contributed by atoms with Gasteiger partial charge in [-0.1, -0.05) is 24.3 Å². The van der Waals surface area contributed by atoms with Gasteiger partial charge >= 0.3 is 0 Å². The molecule has 4 heteroatoms. The quantitative estimate of drug-likeness (QED) is 0.905. The maximum Gasteiger partial charge on any atom is 0.233 e. The third-order valence-electron chi connectivity index (χ3n) is 3.56. The fourth-order valence-corrected chi connectivity index (χ4v) is 2.58. The van der Waals surface area contributed by atoms with Crippen molar-refractivity contribution in [2.75, 3.05) is 23.8 Å². The predicted molar refractivity (Wildman–Crippen MR) is 83.9 cm³/mol. The first-order valence-electron chi connectivity index (χ1n) is 7.14. The smallest absolute Gasteiger partial charge is 0.233 e. The molecule has 1 heterocycles. The molecule has 1 amide bonds. The number of carbonyl (C=O) groups excluding carboxylic acids is 1. The molecule has 0 saturated carbocycles. The summed E-state index contributed by atoms with van der Waals surface area (Å²) < 4.78 is 5.45. The lowest BCUT2D eigenvalue weighted by Crippen LogP contribution is -2.22. The van der Waals surface area contributed by atoms with E-state index in [2.05, 4.69) is 10.6 Å². The summed E-state index contributed by atoms with van der Waals surface area (Å²) in [6, 6.07) is 15.4. The van der Waals surface area contributed by atoms with Crippen LogP contribution in [0.5, 0.6) is 5.75 Å². The minimum atomic E-state index is -0.156. The Kier molecular flexibility index (Phi) is 3.77. The van der Waals surface area contributed by atoms with E-state index in [9.17, 15) is 4.79 Å². The summed E-state index contributed by atoms with van der Waals surface area (Å²) in [6.45, 7) is 3.18. The van der Waals surface area contributed by atoms with Gasteiger partial charge in [-0.2, -0.15) is 0 Å². The zero-order valence-corrected chi connectivity index (χ0v) is 11.9. The molecular weight excluding hydrogens is 264 g/mol. The molecule has 0 aromatic heterocycles. The van der Waals surface area contributed by atoms with E-state index in [4.69, 9.17) is 4.74 Å². The minimum absolute atomic E-state index is 0.00102. The van der Waals surface area contributed by atoms with Crippen LogP contribution >= 0.6 is 0 Å². The van der Waals surface area contributed by atoms with Crippen molar-refractivity contribution in [1.82, 2.24) is 0 Å². The number of hydrogen-bond donors (Lipinski definition) is 2. The molecule has 0 saturated heterocycles. The average molecular weight is 282 g/mol. The number of benzene rings is 2. The summed E-state index contributed by atoms with van der Waals surface area (Å²) in [5.41, 5.74) is 2.85. The van der Waals surface area contributed by atoms with Crippen molar-refractivity contribution in [2.45, 2.75) is 12.8 Å². The Balaban J connectivity index is 1.74. The molecular formula is C17H18N2O2. The molecule has 21 heavy (non-hydrogen) atoms. The second kappa shape index (κ2) is 5.87. The molecule has 1 atom stereocenters. The molecule has 1 unspecified atom stereocenters. The third kappa shape index (κ3) is 2.84. The molecule has 4 nitrogen and oxygen atoms in total. The molecule has 0 bridgehead atoms. The number of anilines is 2. The van der Waals surface area contributed by atoms with Gasteiger partial charge in [-0.05, 0) is 30.7 Å². The van der Waals surface area contributed by atoms with Crippen LogP contribution in [0.2, 0.25) is 0 Å². The van der Waals surface area contributed by atoms with Gasteiger partial charge in [-0.15, -0.1) is 0 Å². The highest BCUT2D eigenvalue weighted by molar-refractivity contribution is 5.98. The van der Waals surface area contributed by atoms with Gasteiger partial charge in [-0.3, -0.25) is 4.79 Å². The number of carbonyl (C=O) groups is 1. The van der Waals surface area contributed by atoms with E-state index >= 15 is 0 Å². The Morgan fingerprint density at radius 3 is 3.00 bits per heavy atom. The molecule has 0 aliphatic carbocycles. The third-order valence-corrected chi connectivity index (χ3v) is 3.56. The van der Waals surface area contributed by atoms with Gasteiger partial charge in [0, 0.05) is 24.0 Å². The van der Waals surface area contributed by atoms with Gasteiger partial charge in [-0.25, -0.2) is 0 Å². The summed E-state index contributed by atoms with van der Waals surface area (Å²) in [5.74, 6) is 0.610. The van der Waals surface area contributed by atoms with E-state index in [-0.39, 0.29) is 11.8 Å². The van der Waals surface area contributed by atoms with Crippen LogP contribution in [0.15, 0.2) is 48.5 Å². The van der Waals surface area contributed by atoms with Crippen molar-refractivity contribution in [1.29, 1.82) is 0 Å². The summed E-state index contributed by atoms with van der Waals surface area (Å²) >= 11 is 0. The van der Waals surface area contributed by atoms with Crippen molar-refractivity contribution in [3.63, 3.8) is 0 Å². The lowest BCUT2D eigenvalue weighted by Gasteiger charge is -2.12. The second-order valence-corrected chi connectivity index (χ2v) is 4.97. The molecule has 2 aromatic rings. The van der Waals surface area contributed by atoms with Crippen molar-refractivity contribution < 1.29 is 9.53 Å². The second-order valence-electron chi connectivity index (χ2n) is 4.97. The molecule has 0 fully saturated rings. The highest BCUT2D eigenvalue weighted by Gasteiger charge is 2.28. The highest BCUT2D eigenvalue weighted by atomic mass is 16.5. The standard InChI is InChI=1S/C17H18N2O2/c1-2-21-13-7-5-6-12(10-13)19-17(20)15-11-18-16-9-4-3-8-14(15)16/h3-10,15,18H,2,11H2,1H3,(H,19,20). The number of para-hydroxylation sites is 1. The van der Waals surface area contributed by atoms with Crippen LogP contribution in [0.4, 0.5) is 11.4 Å². The molecule has 3 rings (SSSR count). The van der Waals surface area contributed by atoms with Crippen LogP contribution < -0.4 is 15.4 Å². The van der Waals surface area contributed by atoms with Crippen LogP contribution in [0, 0.1) is 0 Å². The number of rotatable bonds is 4. The topological polar surface area (TPSA) is 50.4 Å². The first-order chi connectivity index (χ1) is 10.3. The molecule has 2 N–H and O–H groups in total. The summed E-state index contributed by atoms with van der Waals surface area (Å²) in [5, 5.41) is 6.23. The zero-order chi connectivity index (χ0) is 14.7. The first kappa shape index (κ1) is 13.5. The van der Waals surface area contributed by atoms with Crippen molar-refractivity contribution in [3.8, 4) is 5.75 Å². The van der Waals surface area contributed by atoms with Gasteiger partial charge in [0.1, 0.15) is 5.75 Å². The number of ether oxygens (including phenoxy) is 1. The Labute approximate surface area is 124 Å². The Morgan fingerprint density at radius 1 is 1.29 bits per heavy atom. The van der Waals surface area contributed by atoms with E-state index in [0.717, 1.165) is 22.7 Å². The van der Waals surface area contributed by atoms with Gasteiger partial charge in [0.2, 0.25) is 5.91 Å². The average Bonchev–Trinajstić information content (AvgIpc) is 2.92. The van der Waals surface area contributed by atoms with E-state index in [1.165, 1.54) is 0 Å². The van der Waals surface area contributed by atoms with Gasteiger partial charge in [0.25, 0.3) is 0 Å². The van der Waals surface area contributed by atoms with Gasteiger partial charge < -0.3 is 15.4 Å². The van der Waals surface area contributed by atoms with E-state index in [0.29, 0.717) is 13.2 Å². The predicted octanol–water partition coefficient (Wildman–Crippen LogP) is 3.23. The maximum absolute atomic E-state index is 12.5. The highest BCUT2D eigenvalue weighted by Crippen LogP contribution is 2.32. The summed E-state index contributed by atoms with van der Waals surface area (Å²) in [7, 11) is 0. The van der Waals surface area contributed by atoms with Gasteiger partial charge in [0.15, 0.2) is 0 Å². The Morgan fingerprint density at radius 2 is 2.14 bits per heavy atom. The van der Waals surface area contributed by atoms with Crippen LogP contribution in [-0.4, -0.2) is 19.1 Å². The van der Waals surface area contributed by atoms with Crippen molar-refractivity contribution >= 4 is 17.3 Å². The van der Waals surface area contributed by atoms with Gasteiger partial charge in [0.05, 0.1) is 12.5 Å². The Hall–Kier alpha value is -2.49. The zero-order valence-electron chi connectivity index (χ0n) is 11.9. The number of amides is 1. The molecule has 2 aromatic carbocycles. The van der Waals surface area contributed by atoms with Crippen LogP contribution in [-0.2, 0) is 4.79 Å². The number of hydrogen-bond acceptors (Lipinski definition) is 3. The first-order valence-corrected chi connectivity index (χ1v) is 7.14. The van der Waals surface area contributed by atoms with Crippen molar-refractivity contribution in [2.24, 2.45) is 0 Å². The van der Waals surface area contributed by atoms with E-state index in [1.807, 2.05) is 55.5 Å². The number of fused-ring (bicyclic) bond motifs is 1. The van der Waals surface area contributed by atoms with Crippen LogP contribution in [0.25, 0.3) is 0 Å². The summed E-state index contributed by atoms with van der Waals surface area (Å²) in [6.07, 6.45) is 0. The number of nitrogens with one attached hydrogen (secondary N) is 2. The molecule has 1 aliphatic rings. The van der Waals surface area contributed by atoms with Crippen LogP contribution in [0.3, 0.4) is 0 Å². The largest absolute Gasteiger partial charge is 0.494 e. The van der Waals surface area contributed by atoms with E-state index < -0.39 is 0 Å². The molecule has 1 aliphatic heterocycles. The normalized spacial score (nSPS) is 16.0. The molecule has 0 radical (unpaired) electrons. The van der Waals surface area contributed by atoms with E-state index in [1.54, 1.807) is 0 Å². The molecule has 108 valence electrons. The Bertz CT molecular complexity index is 655. The molecule has 0 spiro atoms. The fourth-order valence-electron chi connectivity index (χ4n) is 2.58. The lowest BCUT2D eigenvalue weighted by molar-refractivity contribution is -0.117. The fraction of sp³-hybridized carbons (Fsp3) is 0.235. The lowest BCUT2D eigenvalue weighted by atomic mass is 10.0. The van der Waals surface area contributed by atoms with Crippen LogP contribution in [0.1, 0.15) is 18.4 Å². The van der Waals surface area contributed by atoms with Crippen molar-refractivity contribution in [3.05, 3.63) is 54.1 Å². The monoisotopic (exact) mass is 282 g/mol. The SMILES string of the molecule is CCOc1cccc(NC(=O)C2CNc3ccccc32)c1. The minimum Gasteiger partial charge on any atom is -0.494 e. The summed E-state index contributed by atoms with van der Waals surface area (Å²) in [4.78, 5) is 12.5. The maximum atomic E-state index is 12.5.